The number of hydrogen-bond acceptors (Lipinski definition) is 2. The monoisotopic (exact) mass is 229 g/mol. The van der Waals surface area contributed by atoms with Gasteiger partial charge in [-0.3, -0.25) is 4.79 Å². The number of piperidine rings is 1. The quantitative estimate of drug-likeness (QED) is 0.814. The average Bonchev–Trinajstić information content (AvgIpc) is 2.86. The standard InChI is InChI=1S/C13H15N3O/c17-13(16-8-2-1-3-9-16)11-5-4-10-6-7-14-12(10)15-11/h4-7H,1-3,8-9H2,(H,14,15). The van der Waals surface area contributed by atoms with Gasteiger partial charge < -0.3 is 9.88 Å². The lowest BCUT2D eigenvalue weighted by atomic mass is 10.1. The number of nitrogens with one attached hydrogen (secondary N) is 1. The normalized spacial score (nSPS) is 16.4. The highest BCUT2D eigenvalue weighted by Gasteiger charge is 2.19. The Bertz CT molecular complexity index is 540. The molecule has 2 aromatic heterocycles. The number of H-pyrrole nitrogens is 1. The summed E-state index contributed by atoms with van der Waals surface area (Å²) in [6.07, 6.45) is 5.28. The maximum Gasteiger partial charge on any atom is 0.272 e. The van der Waals surface area contributed by atoms with E-state index in [4.69, 9.17) is 0 Å². The number of carbonyl (C=O) groups excluding carboxylic acids is 1. The van der Waals surface area contributed by atoms with Gasteiger partial charge >= 0.3 is 0 Å². The van der Waals surface area contributed by atoms with Crippen LogP contribution in [-0.2, 0) is 0 Å². The van der Waals surface area contributed by atoms with Crippen molar-refractivity contribution in [2.75, 3.05) is 13.1 Å². The highest BCUT2D eigenvalue weighted by Crippen LogP contribution is 2.15. The fraction of sp³-hybridized carbons (Fsp3) is 0.385. The Morgan fingerprint density at radius 1 is 1.18 bits per heavy atom. The van der Waals surface area contributed by atoms with Crippen molar-refractivity contribution < 1.29 is 4.79 Å². The molecule has 0 saturated carbocycles. The molecule has 0 aliphatic carbocycles. The van der Waals surface area contributed by atoms with Crippen LogP contribution in [0.5, 0.6) is 0 Å². The highest BCUT2D eigenvalue weighted by molar-refractivity contribution is 5.94. The Balaban J connectivity index is 1.88. The van der Waals surface area contributed by atoms with Crippen LogP contribution in [0.2, 0.25) is 0 Å². The predicted octanol–water partition coefficient (Wildman–Crippen LogP) is 2.19. The van der Waals surface area contributed by atoms with Crippen molar-refractivity contribution in [1.29, 1.82) is 0 Å². The molecule has 1 fully saturated rings. The number of rotatable bonds is 1. The molecule has 0 bridgehead atoms. The fourth-order valence-electron chi connectivity index (χ4n) is 2.31. The number of aromatic nitrogens is 2. The molecule has 4 heteroatoms. The molecular weight excluding hydrogens is 214 g/mol. The Labute approximate surface area is 99.6 Å². The van der Waals surface area contributed by atoms with Gasteiger partial charge in [-0.1, -0.05) is 0 Å². The molecule has 2 aromatic rings. The Kier molecular flexibility index (Phi) is 2.55. The first-order chi connectivity index (χ1) is 8.34. The first-order valence-electron chi connectivity index (χ1n) is 6.08. The molecule has 0 radical (unpaired) electrons. The Morgan fingerprint density at radius 2 is 2.00 bits per heavy atom. The van der Waals surface area contributed by atoms with E-state index in [1.807, 2.05) is 29.3 Å². The summed E-state index contributed by atoms with van der Waals surface area (Å²) in [5.41, 5.74) is 1.33. The van der Waals surface area contributed by atoms with Crippen LogP contribution in [0.25, 0.3) is 11.0 Å². The number of nitrogens with zero attached hydrogens (tertiary/aromatic N) is 2. The minimum atomic E-state index is 0.0567. The molecule has 0 spiro atoms. The number of fused-ring (bicyclic) bond motifs is 1. The largest absolute Gasteiger partial charge is 0.346 e. The van der Waals surface area contributed by atoms with Gasteiger partial charge in [-0.15, -0.1) is 0 Å². The van der Waals surface area contributed by atoms with Gasteiger partial charge in [-0.25, -0.2) is 4.98 Å². The summed E-state index contributed by atoms with van der Waals surface area (Å²) >= 11 is 0. The van der Waals surface area contributed by atoms with E-state index in [1.54, 1.807) is 0 Å². The summed E-state index contributed by atoms with van der Waals surface area (Å²) in [5.74, 6) is 0.0567. The van der Waals surface area contributed by atoms with Gasteiger partial charge in [0.05, 0.1) is 0 Å². The third kappa shape index (κ3) is 1.90. The minimum absolute atomic E-state index is 0.0567. The van der Waals surface area contributed by atoms with Crippen LogP contribution in [0.15, 0.2) is 24.4 Å². The van der Waals surface area contributed by atoms with Gasteiger partial charge in [0, 0.05) is 24.7 Å². The lowest BCUT2D eigenvalue weighted by molar-refractivity contribution is 0.0719. The molecule has 0 atom stereocenters. The van der Waals surface area contributed by atoms with E-state index in [0.717, 1.165) is 37.0 Å². The van der Waals surface area contributed by atoms with E-state index < -0.39 is 0 Å². The zero-order valence-electron chi connectivity index (χ0n) is 9.65. The molecule has 0 unspecified atom stereocenters. The van der Waals surface area contributed by atoms with Crippen LogP contribution in [0.1, 0.15) is 29.8 Å². The van der Waals surface area contributed by atoms with Crippen LogP contribution in [0.3, 0.4) is 0 Å². The van der Waals surface area contributed by atoms with Gasteiger partial charge in [0.25, 0.3) is 5.91 Å². The second kappa shape index (κ2) is 4.20. The lowest BCUT2D eigenvalue weighted by Crippen LogP contribution is -2.36. The van der Waals surface area contributed by atoms with Crippen LogP contribution >= 0.6 is 0 Å². The van der Waals surface area contributed by atoms with Crippen molar-refractivity contribution in [2.24, 2.45) is 0 Å². The van der Waals surface area contributed by atoms with Crippen LogP contribution in [0.4, 0.5) is 0 Å². The molecular formula is C13H15N3O. The average molecular weight is 229 g/mol. The number of carbonyl (C=O) groups is 1. The Hall–Kier alpha value is -1.84. The van der Waals surface area contributed by atoms with Crippen LogP contribution in [0, 0.1) is 0 Å². The van der Waals surface area contributed by atoms with Crippen LogP contribution < -0.4 is 0 Å². The molecule has 3 rings (SSSR count). The van der Waals surface area contributed by atoms with Gasteiger partial charge in [0.1, 0.15) is 11.3 Å². The first kappa shape index (κ1) is 10.3. The van der Waals surface area contributed by atoms with Gasteiger partial charge in [-0.05, 0) is 37.5 Å². The maximum absolute atomic E-state index is 12.2. The topological polar surface area (TPSA) is 49.0 Å². The molecule has 1 aliphatic heterocycles. The smallest absolute Gasteiger partial charge is 0.272 e. The van der Waals surface area contributed by atoms with E-state index in [1.165, 1.54) is 6.42 Å². The Morgan fingerprint density at radius 3 is 2.82 bits per heavy atom. The molecule has 1 saturated heterocycles. The zero-order valence-corrected chi connectivity index (χ0v) is 9.65. The van der Waals surface area contributed by atoms with Crippen molar-refractivity contribution in [1.82, 2.24) is 14.9 Å². The molecule has 17 heavy (non-hydrogen) atoms. The van der Waals surface area contributed by atoms with Crippen molar-refractivity contribution in [3.63, 3.8) is 0 Å². The van der Waals surface area contributed by atoms with Crippen molar-refractivity contribution in [3.05, 3.63) is 30.1 Å². The van der Waals surface area contributed by atoms with Crippen molar-refractivity contribution in [3.8, 4) is 0 Å². The summed E-state index contributed by atoms with van der Waals surface area (Å²) in [6.45, 7) is 1.73. The van der Waals surface area contributed by atoms with Crippen LogP contribution in [-0.4, -0.2) is 33.9 Å². The highest BCUT2D eigenvalue weighted by atomic mass is 16.2. The SMILES string of the molecule is O=C(c1ccc2cc[nH]c2n1)N1CCCCC1. The summed E-state index contributed by atoms with van der Waals surface area (Å²) < 4.78 is 0. The third-order valence-electron chi connectivity index (χ3n) is 3.27. The predicted molar refractivity (Wildman–Crippen MR) is 65.8 cm³/mol. The van der Waals surface area contributed by atoms with Crippen molar-refractivity contribution >= 4 is 16.9 Å². The van der Waals surface area contributed by atoms with E-state index >= 15 is 0 Å². The maximum atomic E-state index is 12.2. The van der Waals surface area contributed by atoms with E-state index in [0.29, 0.717) is 5.69 Å². The number of aromatic amines is 1. The molecule has 4 nitrogen and oxygen atoms in total. The van der Waals surface area contributed by atoms with E-state index in [2.05, 4.69) is 9.97 Å². The molecule has 1 aliphatic rings. The first-order valence-corrected chi connectivity index (χ1v) is 6.08. The van der Waals surface area contributed by atoms with Gasteiger partial charge in [0.2, 0.25) is 0 Å². The number of likely N-dealkylation sites (tertiary alicyclic amines) is 1. The summed E-state index contributed by atoms with van der Waals surface area (Å²) in [5, 5.41) is 1.04. The number of amides is 1. The second-order valence-electron chi connectivity index (χ2n) is 4.46. The summed E-state index contributed by atoms with van der Waals surface area (Å²) in [6, 6.07) is 5.71. The van der Waals surface area contributed by atoms with Crippen molar-refractivity contribution in [2.45, 2.75) is 19.3 Å². The zero-order chi connectivity index (χ0) is 11.7. The van der Waals surface area contributed by atoms with E-state index in [-0.39, 0.29) is 5.91 Å². The number of pyridine rings is 1. The summed E-state index contributed by atoms with van der Waals surface area (Å²) in [4.78, 5) is 21.5. The van der Waals surface area contributed by atoms with E-state index in [9.17, 15) is 4.79 Å². The molecule has 0 aromatic carbocycles. The second-order valence-corrected chi connectivity index (χ2v) is 4.46. The van der Waals surface area contributed by atoms with Gasteiger partial charge in [0.15, 0.2) is 0 Å². The van der Waals surface area contributed by atoms with Gasteiger partial charge in [-0.2, -0.15) is 0 Å². The molecule has 3 heterocycles. The minimum Gasteiger partial charge on any atom is -0.346 e. The molecule has 1 amide bonds. The third-order valence-corrected chi connectivity index (χ3v) is 3.27. The summed E-state index contributed by atoms with van der Waals surface area (Å²) in [7, 11) is 0. The fourth-order valence-corrected chi connectivity index (χ4v) is 2.31. The lowest BCUT2D eigenvalue weighted by Gasteiger charge is -2.26. The molecule has 1 N–H and O–H groups in total. The molecule has 88 valence electrons. The number of hydrogen-bond donors (Lipinski definition) is 1.